The van der Waals surface area contributed by atoms with Gasteiger partial charge in [-0.1, -0.05) is 52.9 Å². The highest BCUT2D eigenvalue weighted by Gasteiger charge is 1.96. The minimum absolute atomic E-state index is 0.935. The zero-order valence-electron chi connectivity index (χ0n) is 7.69. The first kappa shape index (κ1) is 10.0. The molecule has 0 aromatic carbocycles. The van der Waals surface area contributed by atoms with Gasteiger partial charge >= 0.3 is 0 Å². The third-order valence-corrected chi connectivity index (χ3v) is 2.09. The maximum absolute atomic E-state index is 2.38. The van der Waals surface area contributed by atoms with Gasteiger partial charge in [0.1, 0.15) is 0 Å². The summed E-state index contributed by atoms with van der Waals surface area (Å²) in [6.07, 6.45) is 9.08. The van der Waals surface area contributed by atoms with Crippen LogP contribution in [0.25, 0.3) is 0 Å². The molecule has 0 aliphatic heterocycles. The van der Waals surface area contributed by atoms with Crippen molar-refractivity contribution in [3.63, 3.8) is 0 Å². The Kier molecular flexibility index (Phi) is 7.11. The van der Waals surface area contributed by atoms with Crippen molar-refractivity contribution in [3.8, 4) is 0 Å². The van der Waals surface area contributed by atoms with Crippen LogP contribution in [0, 0.1) is 12.3 Å². The first-order valence-corrected chi connectivity index (χ1v) is 4.62. The monoisotopic (exact) mass is 141 g/mol. The van der Waals surface area contributed by atoms with E-state index in [1.807, 2.05) is 0 Å². The van der Waals surface area contributed by atoms with Crippen LogP contribution in [-0.4, -0.2) is 0 Å². The van der Waals surface area contributed by atoms with E-state index < -0.39 is 0 Å². The third kappa shape index (κ3) is 6.12. The van der Waals surface area contributed by atoms with Gasteiger partial charge in [0.25, 0.3) is 0 Å². The number of rotatable bonds is 6. The Morgan fingerprint density at radius 2 is 2.00 bits per heavy atom. The summed E-state index contributed by atoms with van der Waals surface area (Å²) in [6, 6.07) is 0. The zero-order chi connectivity index (χ0) is 7.82. The molecule has 0 heteroatoms. The van der Waals surface area contributed by atoms with Gasteiger partial charge in [-0.3, -0.25) is 0 Å². The molecule has 1 atom stereocenters. The van der Waals surface area contributed by atoms with Crippen molar-refractivity contribution >= 4 is 0 Å². The van der Waals surface area contributed by atoms with E-state index in [4.69, 9.17) is 0 Å². The van der Waals surface area contributed by atoms with Crippen LogP contribution in [-0.2, 0) is 0 Å². The second-order valence-corrected chi connectivity index (χ2v) is 3.14. The molecule has 0 aliphatic carbocycles. The molecule has 0 fully saturated rings. The lowest BCUT2D eigenvalue weighted by Gasteiger charge is -2.06. The van der Waals surface area contributed by atoms with Crippen molar-refractivity contribution in [1.29, 1.82) is 0 Å². The molecular weight excluding hydrogens is 120 g/mol. The van der Waals surface area contributed by atoms with Crippen LogP contribution in [0.5, 0.6) is 0 Å². The lowest BCUT2D eigenvalue weighted by molar-refractivity contribution is 0.493. The summed E-state index contributed by atoms with van der Waals surface area (Å²) in [5.41, 5.74) is 0. The van der Waals surface area contributed by atoms with Crippen LogP contribution < -0.4 is 0 Å². The fourth-order valence-corrected chi connectivity index (χ4v) is 1.02. The molecule has 0 saturated carbocycles. The Balaban J connectivity index is 2.89. The van der Waals surface area contributed by atoms with E-state index in [1.54, 1.807) is 0 Å². The summed E-state index contributed by atoms with van der Waals surface area (Å²) >= 11 is 0. The normalized spacial score (nSPS) is 13.5. The minimum Gasteiger partial charge on any atom is -0.0651 e. The molecule has 0 bridgehead atoms. The van der Waals surface area contributed by atoms with E-state index in [9.17, 15) is 0 Å². The van der Waals surface area contributed by atoms with Crippen LogP contribution in [0.2, 0.25) is 0 Å². The van der Waals surface area contributed by atoms with Crippen molar-refractivity contribution < 1.29 is 0 Å². The van der Waals surface area contributed by atoms with Crippen molar-refractivity contribution in [1.82, 2.24) is 0 Å². The Bertz CT molecular complexity index is 57.1. The Labute approximate surface area is 66.0 Å². The average molecular weight is 141 g/mol. The Hall–Kier alpha value is 0. The molecule has 0 aliphatic rings. The molecule has 61 valence electrons. The SMILES string of the molecule is CC[CH]CCCC(C)CC. The predicted molar refractivity (Wildman–Crippen MR) is 47.9 cm³/mol. The fraction of sp³-hybridized carbons (Fsp3) is 0.900. The summed E-state index contributed by atoms with van der Waals surface area (Å²) in [5, 5.41) is 0. The average Bonchev–Trinajstić information content (AvgIpc) is 1.98. The van der Waals surface area contributed by atoms with Gasteiger partial charge in [-0.05, 0) is 12.3 Å². The van der Waals surface area contributed by atoms with E-state index in [0.717, 1.165) is 5.92 Å². The molecule has 0 aromatic heterocycles. The maximum Gasteiger partial charge on any atom is -0.0389 e. The quantitative estimate of drug-likeness (QED) is 0.493. The summed E-state index contributed by atoms with van der Waals surface area (Å²) in [7, 11) is 0. The van der Waals surface area contributed by atoms with Gasteiger partial charge < -0.3 is 0 Å². The Morgan fingerprint density at radius 1 is 1.30 bits per heavy atom. The van der Waals surface area contributed by atoms with Crippen LogP contribution >= 0.6 is 0 Å². The molecule has 0 nitrogen and oxygen atoms in total. The molecule has 1 unspecified atom stereocenters. The molecule has 0 heterocycles. The fourth-order valence-electron chi connectivity index (χ4n) is 1.02. The van der Waals surface area contributed by atoms with Gasteiger partial charge in [-0.25, -0.2) is 0 Å². The van der Waals surface area contributed by atoms with Crippen molar-refractivity contribution in [2.75, 3.05) is 0 Å². The van der Waals surface area contributed by atoms with Crippen LogP contribution in [0.15, 0.2) is 0 Å². The highest BCUT2D eigenvalue weighted by atomic mass is 14.0. The van der Waals surface area contributed by atoms with Crippen LogP contribution in [0.4, 0.5) is 0 Å². The molecule has 0 rings (SSSR count). The molecule has 0 aromatic rings. The number of hydrogen-bond donors (Lipinski definition) is 0. The first-order valence-electron chi connectivity index (χ1n) is 4.62. The first-order chi connectivity index (χ1) is 4.81. The Morgan fingerprint density at radius 3 is 2.50 bits per heavy atom. The molecule has 0 saturated heterocycles. The topological polar surface area (TPSA) is 0 Å². The third-order valence-electron chi connectivity index (χ3n) is 2.09. The molecule has 0 amide bonds. The lowest BCUT2D eigenvalue weighted by Crippen LogP contribution is -1.91. The second kappa shape index (κ2) is 7.11. The van der Waals surface area contributed by atoms with Gasteiger partial charge in [0, 0.05) is 0 Å². The maximum atomic E-state index is 2.38. The smallest absolute Gasteiger partial charge is 0.0389 e. The van der Waals surface area contributed by atoms with Gasteiger partial charge in [-0.2, -0.15) is 0 Å². The molecule has 0 spiro atoms. The van der Waals surface area contributed by atoms with E-state index in [-0.39, 0.29) is 0 Å². The number of hydrogen-bond acceptors (Lipinski definition) is 0. The lowest BCUT2D eigenvalue weighted by atomic mass is 10.0. The summed E-state index contributed by atoms with van der Waals surface area (Å²) < 4.78 is 0. The number of unbranched alkanes of at least 4 members (excludes halogenated alkanes) is 3. The summed E-state index contributed by atoms with van der Waals surface area (Å²) in [4.78, 5) is 0. The predicted octanol–water partition coefficient (Wildman–Crippen LogP) is 3.82. The van der Waals surface area contributed by atoms with Crippen LogP contribution in [0.3, 0.4) is 0 Å². The highest BCUT2D eigenvalue weighted by Crippen LogP contribution is 2.12. The highest BCUT2D eigenvalue weighted by molar-refractivity contribution is 4.62. The van der Waals surface area contributed by atoms with Crippen molar-refractivity contribution in [3.05, 3.63) is 6.42 Å². The van der Waals surface area contributed by atoms with E-state index in [1.165, 1.54) is 32.1 Å². The van der Waals surface area contributed by atoms with E-state index in [2.05, 4.69) is 27.2 Å². The molecule has 0 N–H and O–H groups in total. The standard InChI is InChI=1S/C10H21/c1-4-6-7-8-9-10(3)5-2/h6,10H,4-5,7-9H2,1-3H3. The molecule has 10 heavy (non-hydrogen) atoms. The van der Waals surface area contributed by atoms with Gasteiger partial charge in [-0.15, -0.1) is 0 Å². The van der Waals surface area contributed by atoms with Gasteiger partial charge in [0.15, 0.2) is 0 Å². The van der Waals surface area contributed by atoms with E-state index >= 15 is 0 Å². The zero-order valence-corrected chi connectivity index (χ0v) is 7.69. The van der Waals surface area contributed by atoms with E-state index in [0.29, 0.717) is 0 Å². The van der Waals surface area contributed by atoms with Crippen molar-refractivity contribution in [2.24, 2.45) is 5.92 Å². The van der Waals surface area contributed by atoms with Gasteiger partial charge in [0.05, 0.1) is 0 Å². The molecule has 1 radical (unpaired) electrons. The second-order valence-electron chi connectivity index (χ2n) is 3.14. The minimum atomic E-state index is 0.935. The summed E-state index contributed by atoms with van der Waals surface area (Å²) in [5.74, 6) is 0.935. The molecular formula is C10H21. The summed E-state index contributed by atoms with van der Waals surface area (Å²) in [6.45, 7) is 6.82. The van der Waals surface area contributed by atoms with Crippen molar-refractivity contribution in [2.45, 2.75) is 52.9 Å². The largest absolute Gasteiger partial charge is 0.0651 e. The van der Waals surface area contributed by atoms with Crippen LogP contribution in [0.1, 0.15) is 52.9 Å². The van der Waals surface area contributed by atoms with Gasteiger partial charge in [0.2, 0.25) is 0 Å².